The molecule has 1 aliphatic rings. The number of aromatic nitrogens is 1. The van der Waals surface area contributed by atoms with Crippen molar-refractivity contribution in [3.8, 4) is 0 Å². The number of halogens is 1. The van der Waals surface area contributed by atoms with Gasteiger partial charge in [-0.25, -0.2) is 4.98 Å². The lowest BCUT2D eigenvalue weighted by Crippen LogP contribution is -2.34. The van der Waals surface area contributed by atoms with Gasteiger partial charge < -0.3 is 4.90 Å². The highest BCUT2D eigenvalue weighted by atomic mass is 79.9. The molecule has 1 fully saturated rings. The van der Waals surface area contributed by atoms with E-state index in [0.29, 0.717) is 11.6 Å². The summed E-state index contributed by atoms with van der Waals surface area (Å²) in [6, 6.07) is 3.60. The molecule has 86 valence electrons. The van der Waals surface area contributed by atoms with Crippen molar-refractivity contribution in [2.45, 2.75) is 19.3 Å². The SMILES string of the molecule is CN(CC1CCC1)C(=O)c1ccc(Br)cn1. The van der Waals surface area contributed by atoms with Crippen molar-refractivity contribution >= 4 is 21.8 Å². The van der Waals surface area contributed by atoms with Gasteiger partial charge >= 0.3 is 0 Å². The van der Waals surface area contributed by atoms with Crippen LogP contribution < -0.4 is 0 Å². The van der Waals surface area contributed by atoms with Gasteiger partial charge in [-0.05, 0) is 46.8 Å². The van der Waals surface area contributed by atoms with E-state index in [-0.39, 0.29) is 5.91 Å². The summed E-state index contributed by atoms with van der Waals surface area (Å²) >= 11 is 3.30. The summed E-state index contributed by atoms with van der Waals surface area (Å²) in [6.07, 6.45) is 5.48. The minimum atomic E-state index is 0.0133. The zero-order valence-electron chi connectivity index (χ0n) is 9.32. The van der Waals surface area contributed by atoms with Gasteiger partial charge in [-0.2, -0.15) is 0 Å². The van der Waals surface area contributed by atoms with Crippen LogP contribution >= 0.6 is 15.9 Å². The van der Waals surface area contributed by atoms with E-state index in [4.69, 9.17) is 0 Å². The van der Waals surface area contributed by atoms with Crippen molar-refractivity contribution < 1.29 is 4.79 Å². The fraction of sp³-hybridized carbons (Fsp3) is 0.500. The summed E-state index contributed by atoms with van der Waals surface area (Å²) in [5.74, 6) is 0.712. The summed E-state index contributed by atoms with van der Waals surface area (Å²) < 4.78 is 0.894. The van der Waals surface area contributed by atoms with E-state index < -0.39 is 0 Å². The summed E-state index contributed by atoms with van der Waals surface area (Å²) in [5, 5.41) is 0. The average Bonchev–Trinajstić information content (AvgIpc) is 2.23. The maximum Gasteiger partial charge on any atom is 0.272 e. The molecule has 0 N–H and O–H groups in total. The van der Waals surface area contributed by atoms with Gasteiger partial charge in [0.15, 0.2) is 0 Å². The van der Waals surface area contributed by atoms with Crippen LogP contribution in [0, 0.1) is 5.92 Å². The average molecular weight is 283 g/mol. The van der Waals surface area contributed by atoms with E-state index in [9.17, 15) is 4.79 Å². The minimum Gasteiger partial charge on any atom is -0.340 e. The molecule has 16 heavy (non-hydrogen) atoms. The molecule has 0 saturated heterocycles. The Hall–Kier alpha value is -0.900. The van der Waals surface area contributed by atoms with Crippen LogP contribution in [-0.2, 0) is 0 Å². The second-order valence-corrected chi connectivity index (χ2v) is 5.26. The fourth-order valence-electron chi connectivity index (χ4n) is 1.84. The van der Waals surface area contributed by atoms with E-state index in [1.165, 1.54) is 19.3 Å². The Labute approximate surface area is 104 Å². The zero-order chi connectivity index (χ0) is 11.5. The third kappa shape index (κ3) is 2.61. The lowest BCUT2D eigenvalue weighted by molar-refractivity contribution is 0.0739. The van der Waals surface area contributed by atoms with Crippen molar-refractivity contribution in [2.24, 2.45) is 5.92 Å². The molecule has 0 bridgehead atoms. The lowest BCUT2D eigenvalue weighted by Gasteiger charge is -2.29. The Balaban J connectivity index is 1.97. The van der Waals surface area contributed by atoms with Crippen LogP contribution in [0.3, 0.4) is 0 Å². The highest BCUT2D eigenvalue weighted by Crippen LogP contribution is 2.27. The standard InChI is InChI=1S/C12H15BrN2O/c1-15(8-9-3-2-4-9)12(16)11-6-5-10(13)7-14-11/h5-7,9H,2-4,8H2,1H3. The highest BCUT2D eigenvalue weighted by Gasteiger charge is 2.22. The van der Waals surface area contributed by atoms with Gasteiger partial charge in [0.1, 0.15) is 5.69 Å². The third-order valence-corrected chi connectivity index (χ3v) is 3.52. The fourth-order valence-corrected chi connectivity index (χ4v) is 2.08. The Morgan fingerprint density at radius 1 is 1.56 bits per heavy atom. The molecule has 1 aromatic heterocycles. The van der Waals surface area contributed by atoms with Crippen molar-refractivity contribution in [1.82, 2.24) is 9.88 Å². The quantitative estimate of drug-likeness (QED) is 0.854. The Kier molecular flexibility index (Phi) is 3.59. The number of carbonyl (C=O) groups is 1. The molecule has 0 atom stereocenters. The van der Waals surface area contributed by atoms with Gasteiger partial charge in [-0.3, -0.25) is 4.79 Å². The van der Waals surface area contributed by atoms with Gasteiger partial charge in [0.2, 0.25) is 0 Å². The lowest BCUT2D eigenvalue weighted by atomic mass is 9.85. The number of nitrogens with zero attached hydrogens (tertiary/aromatic N) is 2. The van der Waals surface area contributed by atoms with Gasteiger partial charge in [0.05, 0.1) is 0 Å². The summed E-state index contributed by atoms with van der Waals surface area (Å²) in [4.78, 5) is 17.9. The van der Waals surface area contributed by atoms with Gasteiger partial charge in [0.25, 0.3) is 5.91 Å². The van der Waals surface area contributed by atoms with Crippen molar-refractivity contribution in [2.75, 3.05) is 13.6 Å². The second kappa shape index (κ2) is 4.95. The van der Waals surface area contributed by atoms with Crippen molar-refractivity contribution in [1.29, 1.82) is 0 Å². The van der Waals surface area contributed by atoms with Crippen LogP contribution in [0.1, 0.15) is 29.8 Å². The number of carbonyl (C=O) groups excluding carboxylic acids is 1. The van der Waals surface area contributed by atoms with E-state index in [1.54, 1.807) is 17.2 Å². The Morgan fingerprint density at radius 2 is 2.31 bits per heavy atom. The Morgan fingerprint density at radius 3 is 2.81 bits per heavy atom. The molecule has 0 radical (unpaired) electrons. The summed E-state index contributed by atoms with van der Waals surface area (Å²) in [5.41, 5.74) is 0.519. The van der Waals surface area contributed by atoms with Crippen LogP contribution in [-0.4, -0.2) is 29.4 Å². The van der Waals surface area contributed by atoms with Crippen LogP contribution in [0.15, 0.2) is 22.8 Å². The molecule has 1 aromatic rings. The first-order chi connectivity index (χ1) is 7.66. The first kappa shape index (κ1) is 11.6. The van der Waals surface area contributed by atoms with E-state index in [0.717, 1.165) is 11.0 Å². The van der Waals surface area contributed by atoms with E-state index in [2.05, 4.69) is 20.9 Å². The van der Waals surface area contributed by atoms with Gasteiger partial charge in [-0.1, -0.05) is 6.42 Å². The maximum absolute atomic E-state index is 12.0. The monoisotopic (exact) mass is 282 g/mol. The van der Waals surface area contributed by atoms with Crippen molar-refractivity contribution in [3.63, 3.8) is 0 Å². The molecule has 4 heteroatoms. The molecule has 1 aliphatic carbocycles. The maximum atomic E-state index is 12.0. The van der Waals surface area contributed by atoms with Crippen LogP contribution in [0.4, 0.5) is 0 Å². The molecule has 3 nitrogen and oxygen atoms in total. The smallest absolute Gasteiger partial charge is 0.272 e. The van der Waals surface area contributed by atoms with Crippen LogP contribution in [0.2, 0.25) is 0 Å². The molecule has 0 aromatic carbocycles. The molecule has 0 unspecified atom stereocenters. The third-order valence-electron chi connectivity index (χ3n) is 3.05. The number of pyridine rings is 1. The van der Waals surface area contributed by atoms with Gasteiger partial charge in [0, 0.05) is 24.3 Å². The number of hydrogen-bond acceptors (Lipinski definition) is 2. The van der Waals surface area contributed by atoms with E-state index in [1.807, 2.05) is 13.1 Å². The molecular formula is C12H15BrN2O. The Bertz CT molecular complexity index is 373. The zero-order valence-corrected chi connectivity index (χ0v) is 10.9. The van der Waals surface area contributed by atoms with Crippen molar-refractivity contribution in [3.05, 3.63) is 28.5 Å². The molecular weight excluding hydrogens is 268 g/mol. The van der Waals surface area contributed by atoms with Crippen LogP contribution in [0.5, 0.6) is 0 Å². The number of amides is 1. The van der Waals surface area contributed by atoms with Gasteiger partial charge in [-0.15, -0.1) is 0 Å². The second-order valence-electron chi connectivity index (χ2n) is 4.34. The van der Waals surface area contributed by atoms with Crippen LogP contribution in [0.25, 0.3) is 0 Å². The van der Waals surface area contributed by atoms with E-state index >= 15 is 0 Å². The topological polar surface area (TPSA) is 33.2 Å². The first-order valence-corrected chi connectivity index (χ1v) is 6.33. The highest BCUT2D eigenvalue weighted by molar-refractivity contribution is 9.10. The predicted octanol–water partition coefficient (Wildman–Crippen LogP) is 2.72. The summed E-state index contributed by atoms with van der Waals surface area (Å²) in [6.45, 7) is 0.858. The number of hydrogen-bond donors (Lipinski definition) is 0. The first-order valence-electron chi connectivity index (χ1n) is 5.54. The minimum absolute atomic E-state index is 0.0133. The summed E-state index contributed by atoms with van der Waals surface area (Å²) in [7, 11) is 1.85. The largest absolute Gasteiger partial charge is 0.340 e. The normalized spacial score (nSPS) is 15.6. The molecule has 2 rings (SSSR count). The molecule has 0 spiro atoms. The molecule has 1 amide bonds. The molecule has 0 aliphatic heterocycles. The number of rotatable bonds is 3. The predicted molar refractivity (Wildman–Crippen MR) is 66.2 cm³/mol. The molecule has 1 heterocycles. The molecule has 1 saturated carbocycles.